The zero-order chi connectivity index (χ0) is 34.1. The summed E-state index contributed by atoms with van der Waals surface area (Å²) in [5.74, 6) is 0.764. The van der Waals surface area contributed by atoms with Gasteiger partial charge in [0.1, 0.15) is 11.4 Å². The second-order valence-corrected chi connectivity index (χ2v) is 13.8. The molecule has 250 valence electrons. The van der Waals surface area contributed by atoms with Crippen molar-refractivity contribution in [2.24, 2.45) is 0 Å². The molecule has 2 aromatic heterocycles. The van der Waals surface area contributed by atoms with E-state index in [-0.39, 0.29) is 11.2 Å². The van der Waals surface area contributed by atoms with E-state index < -0.39 is 5.60 Å². The minimum Gasteiger partial charge on any atom is -0.444 e. The van der Waals surface area contributed by atoms with Crippen molar-refractivity contribution in [3.8, 4) is 11.1 Å². The molecule has 3 aromatic carbocycles. The Balaban J connectivity index is 1.14. The monoisotopic (exact) mass is 683 g/mol. The molecule has 0 atom stereocenters. The molecule has 5 aromatic rings. The zero-order valence-corrected chi connectivity index (χ0v) is 29.5. The second kappa shape index (κ2) is 16.3. The summed E-state index contributed by atoms with van der Waals surface area (Å²) in [6.07, 6.45) is 6.76. The molecule has 48 heavy (non-hydrogen) atoms. The normalized spacial score (nSPS) is 11.5. The van der Waals surface area contributed by atoms with Gasteiger partial charge < -0.3 is 20.3 Å². The standard InChI is InChI=1S/C38H42ClN5O3S/c1-38(2,3)47-37(46)44(25-26-12-14-29(33(39)22-26)27-10-6-5-7-11-27)21-9-8-17-40-19-20-42-35-31-16-18-41-24-32(31)30-15-13-28(36(45)48-4)23-34(30)43-35/h5-7,10-16,18,22-24,40H,8-9,17,19-21,25H2,1-4H3,(H,42,43). The van der Waals surface area contributed by atoms with Gasteiger partial charge in [0.2, 0.25) is 5.12 Å². The van der Waals surface area contributed by atoms with Crippen molar-refractivity contribution in [1.29, 1.82) is 0 Å². The average Bonchev–Trinajstić information content (AvgIpc) is 3.07. The molecule has 0 saturated heterocycles. The topological polar surface area (TPSA) is 96.5 Å². The van der Waals surface area contributed by atoms with Crippen LogP contribution in [-0.2, 0) is 11.3 Å². The Kier molecular flexibility index (Phi) is 11.9. The largest absolute Gasteiger partial charge is 0.444 e. The van der Waals surface area contributed by atoms with Crippen LogP contribution in [0.3, 0.4) is 0 Å². The fraction of sp³-hybridized carbons (Fsp3) is 0.316. The van der Waals surface area contributed by atoms with Crippen LogP contribution in [0.1, 0.15) is 49.5 Å². The lowest BCUT2D eigenvalue weighted by molar-refractivity contribution is 0.0230. The number of hydrogen-bond acceptors (Lipinski definition) is 8. The van der Waals surface area contributed by atoms with E-state index in [2.05, 4.69) is 15.6 Å². The summed E-state index contributed by atoms with van der Waals surface area (Å²) in [6, 6.07) is 23.6. The number of amides is 1. The number of thioether (sulfide) groups is 1. The number of ether oxygens (including phenoxy) is 1. The first kappa shape index (κ1) is 35.1. The van der Waals surface area contributed by atoms with Crippen molar-refractivity contribution in [2.45, 2.75) is 45.8 Å². The number of fused-ring (bicyclic) bond motifs is 3. The maximum absolute atomic E-state index is 13.1. The van der Waals surface area contributed by atoms with Crippen LogP contribution in [0.25, 0.3) is 32.8 Å². The molecule has 0 aliphatic carbocycles. The summed E-state index contributed by atoms with van der Waals surface area (Å²) < 4.78 is 5.73. The predicted molar refractivity (Wildman–Crippen MR) is 199 cm³/mol. The maximum atomic E-state index is 13.1. The van der Waals surface area contributed by atoms with Gasteiger partial charge in [-0.05, 0) is 81.8 Å². The van der Waals surface area contributed by atoms with Gasteiger partial charge >= 0.3 is 6.09 Å². The lowest BCUT2D eigenvalue weighted by Crippen LogP contribution is -2.37. The predicted octanol–water partition coefficient (Wildman–Crippen LogP) is 8.83. The number of nitrogens with zero attached hydrogens (tertiary/aromatic N) is 3. The van der Waals surface area contributed by atoms with Gasteiger partial charge in [-0.25, -0.2) is 9.78 Å². The summed E-state index contributed by atoms with van der Waals surface area (Å²) in [5, 5.41) is 10.6. The van der Waals surface area contributed by atoms with Gasteiger partial charge in [-0.2, -0.15) is 0 Å². The number of nitrogens with one attached hydrogen (secondary N) is 2. The average molecular weight is 684 g/mol. The quantitative estimate of drug-likeness (QED) is 0.0939. The van der Waals surface area contributed by atoms with Crippen LogP contribution in [0.2, 0.25) is 5.02 Å². The number of rotatable bonds is 13. The van der Waals surface area contributed by atoms with E-state index in [0.717, 1.165) is 70.1 Å². The van der Waals surface area contributed by atoms with Crippen LogP contribution in [-0.4, -0.2) is 64.1 Å². The first-order chi connectivity index (χ1) is 23.1. The number of unbranched alkanes of at least 4 members (excludes halogenated alkanes) is 1. The van der Waals surface area contributed by atoms with E-state index in [1.54, 1.807) is 17.4 Å². The molecule has 0 spiro atoms. The van der Waals surface area contributed by atoms with Crippen molar-refractivity contribution in [3.05, 3.63) is 101 Å². The summed E-state index contributed by atoms with van der Waals surface area (Å²) in [7, 11) is 0. The third-order valence-electron chi connectivity index (χ3n) is 7.79. The van der Waals surface area contributed by atoms with Gasteiger partial charge in [0.25, 0.3) is 0 Å². The van der Waals surface area contributed by atoms with Gasteiger partial charge in [0.15, 0.2) is 0 Å². The van der Waals surface area contributed by atoms with E-state index in [1.165, 1.54) is 11.8 Å². The summed E-state index contributed by atoms with van der Waals surface area (Å²) in [6.45, 7) is 8.82. The second-order valence-electron chi connectivity index (χ2n) is 12.6. The van der Waals surface area contributed by atoms with Crippen molar-refractivity contribution < 1.29 is 14.3 Å². The summed E-state index contributed by atoms with van der Waals surface area (Å²) in [4.78, 5) is 36.3. The Morgan fingerprint density at radius 1 is 0.917 bits per heavy atom. The molecule has 0 aliphatic rings. The third-order valence-corrected chi connectivity index (χ3v) is 8.71. The van der Waals surface area contributed by atoms with Crippen molar-refractivity contribution >= 4 is 62.1 Å². The van der Waals surface area contributed by atoms with Crippen LogP contribution < -0.4 is 10.6 Å². The Morgan fingerprint density at radius 3 is 2.48 bits per heavy atom. The number of carbonyl (C=O) groups excluding carboxylic acids is 2. The molecule has 8 nitrogen and oxygen atoms in total. The van der Waals surface area contributed by atoms with Gasteiger partial charge in [-0.3, -0.25) is 9.78 Å². The highest BCUT2D eigenvalue weighted by atomic mass is 35.5. The van der Waals surface area contributed by atoms with Crippen LogP contribution >= 0.6 is 23.4 Å². The zero-order valence-electron chi connectivity index (χ0n) is 27.9. The smallest absolute Gasteiger partial charge is 0.410 e. The van der Waals surface area contributed by atoms with Gasteiger partial charge in [-0.15, -0.1) is 0 Å². The Morgan fingerprint density at radius 2 is 1.73 bits per heavy atom. The molecule has 5 rings (SSSR count). The van der Waals surface area contributed by atoms with E-state index >= 15 is 0 Å². The van der Waals surface area contributed by atoms with E-state index in [0.29, 0.717) is 30.2 Å². The summed E-state index contributed by atoms with van der Waals surface area (Å²) >= 11 is 7.86. The highest BCUT2D eigenvalue weighted by molar-refractivity contribution is 8.13. The van der Waals surface area contributed by atoms with E-state index in [1.807, 2.05) is 99.8 Å². The van der Waals surface area contributed by atoms with Crippen molar-refractivity contribution in [3.63, 3.8) is 0 Å². The molecule has 10 heteroatoms. The Hall–Kier alpha value is -4.18. The highest BCUT2D eigenvalue weighted by Crippen LogP contribution is 2.31. The molecule has 0 aliphatic heterocycles. The molecule has 0 saturated carbocycles. The van der Waals surface area contributed by atoms with E-state index in [4.69, 9.17) is 21.3 Å². The number of anilines is 1. The number of carbonyl (C=O) groups is 2. The Labute approximate surface area is 291 Å². The minimum absolute atomic E-state index is 0.0137. The molecule has 0 radical (unpaired) electrons. The van der Waals surface area contributed by atoms with E-state index in [9.17, 15) is 9.59 Å². The van der Waals surface area contributed by atoms with Crippen molar-refractivity contribution in [1.82, 2.24) is 20.2 Å². The van der Waals surface area contributed by atoms with Crippen LogP contribution in [0.15, 0.2) is 85.2 Å². The fourth-order valence-electron chi connectivity index (χ4n) is 5.47. The number of hydrogen-bond donors (Lipinski definition) is 2. The molecule has 0 bridgehead atoms. The van der Waals surface area contributed by atoms with Crippen molar-refractivity contribution in [2.75, 3.05) is 37.8 Å². The van der Waals surface area contributed by atoms with Gasteiger partial charge in [0, 0.05) is 70.9 Å². The minimum atomic E-state index is -0.589. The first-order valence-corrected chi connectivity index (χ1v) is 17.8. The molecule has 0 fully saturated rings. The lowest BCUT2D eigenvalue weighted by atomic mass is 10.0. The number of pyridine rings is 2. The lowest BCUT2D eigenvalue weighted by Gasteiger charge is -2.27. The van der Waals surface area contributed by atoms with Crippen LogP contribution in [0, 0.1) is 0 Å². The number of halogens is 1. The van der Waals surface area contributed by atoms with Gasteiger partial charge in [-0.1, -0.05) is 71.9 Å². The highest BCUT2D eigenvalue weighted by Gasteiger charge is 2.22. The molecule has 0 unspecified atom stereocenters. The molecule has 2 heterocycles. The molecular weight excluding hydrogens is 642 g/mol. The first-order valence-electron chi connectivity index (χ1n) is 16.1. The molecule has 2 N–H and O–H groups in total. The third kappa shape index (κ3) is 9.24. The SMILES string of the molecule is CSC(=O)c1ccc2c(c1)nc(NCCNCCCCN(Cc1ccc(-c3ccccc3)c(Cl)c1)C(=O)OC(C)(C)C)c1ccncc12. The maximum Gasteiger partial charge on any atom is 0.410 e. The Bertz CT molecular complexity index is 1880. The molecule has 1 amide bonds. The summed E-state index contributed by atoms with van der Waals surface area (Å²) in [5.41, 5.74) is 3.77. The van der Waals surface area contributed by atoms with Gasteiger partial charge in [0.05, 0.1) is 5.52 Å². The molecular formula is C38H42ClN5O3S. The number of benzene rings is 3. The van der Waals surface area contributed by atoms with Crippen LogP contribution in [0.4, 0.5) is 10.6 Å². The number of aromatic nitrogens is 2. The van der Waals surface area contributed by atoms with Crippen LogP contribution in [0.5, 0.6) is 0 Å². The fourth-order valence-corrected chi connectivity index (χ4v) is 6.14.